The first kappa shape index (κ1) is 28.2. The van der Waals surface area contributed by atoms with Crippen LogP contribution in [0.3, 0.4) is 0 Å². The number of hydrogen-bond acceptors (Lipinski definition) is 8. The van der Waals surface area contributed by atoms with Crippen molar-refractivity contribution in [2.75, 3.05) is 27.2 Å². The van der Waals surface area contributed by atoms with E-state index in [0.29, 0.717) is 18.4 Å². The molecule has 6 rings (SSSR count). The molecule has 220 valence electrons. The van der Waals surface area contributed by atoms with Gasteiger partial charge in [0.25, 0.3) is 5.91 Å². The molecule has 1 amide bonds. The Kier molecular flexibility index (Phi) is 7.19. The number of aromatic hydroxyl groups is 1. The van der Waals surface area contributed by atoms with Crippen LogP contribution in [0.5, 0.6) is 5.75 Å². The lowest BCUT2D eigenvalue weighted by Crippen LogP contribution is -2.53. The van der Waals surface area contributed by atoms with Crippen LogP contribution in [0.15, 0.2) is 59.1 Å². The molecule has 2 aromatic carbocycles. The standard InChI is InChI=1S/C33H37N3O6/c1-35(2)28-22-15-19-14-21-20(18-8-6-17(7-9-18)16-36-12-4-3-5-13-36)10-11-23(37)25(21)29(38)24(19)30(39)26(22)31(40)27(32(28)41)33(34)42/h6-11,19,22,26,28,37,39,41H,3-5,12-16H2,1-2H3,(H2,34,42)/t19?,22?,26?,28-/m0/s1. The number of likely N-dealkylation sites (tertiary alicyclic amines) is 1. The number of piperidine rings is 1. The van der Waals surface area contributed by atoms with Crippen molar-refractivity contribution < 1.29 is 29.7 Å². The Hall–Kier alpha value is -3.95. The predicted octanol–water partition coefficient (Wildman–Crippen LogP) is 3.66. The summed E-state index contributed by atoms with van der Waals surface area (Å²) in [7, 11) is 3.43. The van der Waals surface area contributed by atoms with Crippen molar-refractivity contribution in [3.63, 3.8) is 0 Å². The van der Waals surface area contributed by atoms with E-state index in [1.807, 2.05) is 18.2 Å². The molecule has 4 atom stereocenters. The number of nitrogens with two attached hydrogens (primary N) is 1. The van der Waals surface area contributed by atoms with Crippen molar-refractivity contribution in [1.29, 1.82) is 0 Å². The quantitative estimate of drug-likeness (QED) is 0.398. The van der Waals surface area contributed by atoms with Crippen LogP contribution in [0.2, 0.25) is 0 Å². The molecule has 0 saturated carbocycles. The van der Waals surface area contributed by atoms with E-state index in [0.717, 1.165) is 30.8 Å². The number of aliphatic hydroxyl groups excluding tert-OH is 2. The normalized spacial score (nSPS) is 26.3. The second-order valence-electron chi connectivity index (χ2n) is 12.3. The number of carbonyl (C=O) groups is 3. The van der Waals surface area contributed by atoms with E-state index in [1.54, 1.807) is 19.0 Å². The van der Waals surface area contributed by atoms with E-state index in [4.69, 9.17) is 5.73 Å². The molecule has 9 nitrogen and oxygen atoms in total. The maximum Gasteiger partial charge on any atom is 0.255 e. The number of carbonyl (C=O) groups excluding carboxylic acids is 3. The van der Waals surface area contributed by atoms with Crippen LogP contribution in [0.25, 0.3) is 11.1 Å². The number of allylic oxidation sites excluding steroid dienone is 2. The van der Waals surface area contributed by atoms with Crippen LogP contribution in [-0.4, -0.2) is 75.8 Å². The van der Waals surface area contributed by atoms with Gasteiger partial charge < -0.3 is 21.1 Å². The van der Waals surface area contributed by atoms with Gasteiger partial charge in [0.2, 0.25) is 0 Å². The zero-order valence-electron chi connectivity index (χ0n) is 24.0. The minimum absolute atomic E-state index is 0.0872. The number of phenols is 1. The van der Waals surface area contributed by atoms with Crippen molar-refractivity contribution in [2.45, 2.75) is 44.7 Å². The molecule has 4 aliphatic rings. The molecule has 0 bridgehead atoms. The number of rotatable bonds is 5. The van der Waals surface area contributed by atoms with E-state index < -0.39 is 58.4 Å². The van der Waals surface area contributed by atoms with Gasteiger partial charge in [-0.3, -0.25) is 24.2 Å². The van der Waals surface area contributed by atoms with Crippen molar-refractivity contribution in [3.8, 4) is 16.9 Å². The Bertz CT molecular complexity index is 1530. The van der Waals surface area contributed by atoms with Crippen LogP contribution >= 0.6 is 0 Å². The molecule has 0 aromatic heterocycles. The number of fused-ring (bicyclic) bond motifs is 3. The summed E-state index contributed by atoms with van der Waals surface area (Å²) in [6, 6.07) is 10.9. The van der Waals surface area contributed by atoms with Gasteiger partial charge in [0, 0.05) is 12.1 Å². The summed E-state index contributed by atoms with van der Waals surface area (Å²) in [5, 5.41) is 33.3. The van der Waals surface area contributed by atoms with E-state index in [9.17, 15) is 29.7 Å². The first-order chi connectivity index (χ1) is 20.1. The lowest BCUT2D eigenvalue weighted by Gasteiger charge is -2.46. The highest BCUT2D eigenvalue weighted by molar-refractivity contribution is 6.22. The Morgan fingerprint density at radius 1 is 0.976 bits per heavy atom. The van der Waals surface area contributed by atoms with Crippen LogP contribution in [0.1, 0.15) is 47.2 Å². The molecule has 2 aromatic rings. The van der Waals surface area contributed by atoms with Gasteiger partial charge in [0.05, 0.1) is 17.5 Å². The summed E-state index contributed by atoms with van der Waals surface area (Å²) < 4.78 is 0. The smallest absolute Gasteiger partial charge is 0.255 e. The molecular formula is C33H37N3O6. The zero-order valence-corrected chi connectivity index (χ0v) is 24.0. The molecule has 1 heterocycles. The van der Waals surface area contributed by atoms with Gasteiger partial charge in [-0.1, -0.05) is 36.8 Å². The fourth-order valence-corrected chi connectivity index (χ4v) is 7.70. The molecule has 0 radical (unpaired) electrons. The van der Waals surface area contributed by atoms with Gasteiger partial charge in [-0.2, -0.15) is 0 Å². The number of nitrogens with zero attached hydrogens (tertiary/aromatic N) is 2. The lowest BCUT2D eigenvalue weighted by atomic mass is 9.60. The number of Topliss-reactive ketones (excluding diaryl/α,β-unsaturated/α-hetero) is 2. The van der Waals surface area contributed by atoms with Crippen LogP contribution < -0.4 is 5.73 Å². The van der Waals surface area contributed by atoms with Crippen molar-refractivity contribution in [1.82, 2.24) is 9.80 Å². The van der Waals surface area contributed by atoms with E-state index in [2.05, 4.69) is 17.0 Å². The van der Waals surface area contributed by atoms with Gasteiger partial charge in [0.1, 0.15) is 22.8 Å². The molecule has 3 aliphatic carbocycles. The second-order valence-corrected chi connectivity index (χ2v) is 12.3. The molecule has 9 heteroatoms. The molecular weight excluding hydrogens is 534 g/mol. The highest BCUT2D eigenvalue weighted by Gasteiger charge is 2.54. The molecule has 1 aliphatic heterocycles. The van der Waals surface area contributed by atoms with Gasteiger partial charge in [-0.05, 0) is 93.0 Å². The maximum atomic E-state index is 14.0. The van der Waals surface area contributed by atoms with Crippen LogP contribution in [0, 0.1) is 17.8 Å². The monoisotopic (exact) mass is 571 g/mol. The largest absolute Gasteiger partial charge is 0.511 e. The molecule has 0 spiro atoms. The van der Waals surface area contributed by atoms with Gasteiger partial charge in [0.15, 0.2) is 11.6 Å². The number of amides is 1. The van der Waals surface area contributed by atoms with Crippen molar-refractivity contribution in [3.05, 3.63) is 75.8 Å². The fourth-order valence-electron chi connectivity index (χ4n) is 7.70. The topological polar surface area (TPSA) is 144 Å². The number of aliphatic hydroxyl groups is 2. The first-order valence-electron chi connectivity index (χ1n) is 14.7. The average molecular weight is 572 g/mol. The molecule has 1 fully saturated rings. The molecule has 42 heavy (non-hydrogen) atoms. The minimum atomic E-state index is -1.19. The number of benzene rings is 2. The zero-order chi connectivity index (χ0) is 29.9. The first-order valence-corrected chi connectivity index (χ1v) is 14.7. The number of hydrogen-bond donors (Lipinski definition) is 4. The third-order valence-electron chi connectivity index (χ3n) is 9.57. The number of phenolic OH excluding ortho intramolecular Hbond substituents is 1. The Morgan fingerprint density at radius 3 is 2.31 bits per heavy atom. The molecule has 3 unspecified atom stereocenters. The number of primary amides is 1. The number of ketones is 2. The van der Waals surface area contributed by atoms with Crippen LogP contribution in [-0.2, 0) is 22.6 Å². The van der Waals surface area contributed by atoms with Crippen LogP contribution in [0.4, 0.5) is 0 Å². The van der Waals surface area contributed by atoms with Gasteiger partial charge in [-0.15, -0.1) is 0 Å². The summed E-state index contributed by atoms with van der Waals surface area (Å²) in [5.74, 6) is -5.57. The summed E-state index contributed by atoms with van der Waals surface area (Å²) in [4.78, 5) is 43.6. The fraction of sp³-hybridized carbons (Fsp3) is 0.424. The third-order valence-corrected chi connectivity index (χ3v) is 9.57. The maximum absolute atomic E-state index is 14.0. The van der Waals surface area contributed by atoms with Crippen molar-refractivity contribution >= 4 is 17.5 Å². The summed E-state index contributed by atoms with van der Waals surface area (Å²) in [5.41, 5.74) is 8.81. The summed E-state index contributed by atoms with van der Waals surface area (Å²) >= 11 is 0. The lowest BCUT2D eigenvalue weighted by molar-refractivity contribution is -0.127. The van der Waals surface area contributed by atoms with E-state index >= 15 is 0 Å². The molecule has 1 saturated heterocycles. The van der Waals surface area contributed by atoms with Gasteiger partial charge >= 0.3 is 0 Å². The predicted molar refractivity (Wildman–Crippen MR) is 157 cm³/mol. The van der Waals surface area contributed by atoms with E-state index in [-0.39, 0.29) is 16.9 Å². The SMILES string of the molecule is CN(C)[C@@H]1C(O)=C(C(N)=O)C(=O)C2C(O)=C3C(=O)c4c(O)ccc(-c5ccc(CN6CCCCC6)cc5)c4CC3CC21. The summed E-state index contributed by atoms with van der Waals surface area (Å²) in [6.45, 7) is 3.12. The molecule has 5 N–H and O–H groups in total. The summed E-state index contributed by atoms with van der Waals surface area (Å²) in [6.07, 6.45) is 4.43. The number of likely N-dealkylation sites (N-methyl/N-ethyl adjacent to an activating group) is 1. The Balaban J connectivity index is 1.38. The Labute approximate surface area is 244 Å². The van der Waals surface area contributed by atoms with Crippen molar-refractivity contribution in [2.24, 2.45) is 23.5 Å². The highest BCUT2D eigenvalue weighted by Crippen LogP contribution is 2.51. The highest BCUT2D eigenvalue weighted by atomic mass is 16.3. The minimum Gasteiger partial charge on any atom is -0.511 e. The van der Waals surface area contributed by atoms with E-state index in [1.165, 1.54) is 30.9 Å². The Morgan fingerprint density at radius 2 is 1.67 bits per heavy atom. The average Bonchev–Trinajstić information content (AvgIpc) is 2.93. The van der Waals surface area contributed by atoms with Gasteiger partial charge in [-0.25, -0.2) is 0 Å². The third kappa shape index (κ3) is 4.51. The second kappa shape index (κ2) is 10.7.